The number of methoxy groups -OCH3 is 1. The van der Waals surface area contributed by atoms with Gasteiger partial charge < -0.3 is 9.47 Å². The first kappa shape index (κ1) is 20.2. The molecule has 0 aromatic heterocycles. The third-order valence-corrected chi connectivity index (χ3v) is 4.89. The van der Waals surface area contributed by atoms with Gasteiger partial charge in [0.1, 0.15) is 6.61 Å². The summed E-state index contributed by atoms with van der Waals surface area (Å²) in [7, 11) is 1.59. The van der Waals surface area contributed by atoms with Gasteiger partial charge in [-0.1, -0.05) is 41.4 Å². The van der Waals surface area contributed by atoms with Crippen molar-refractivity contribution in [2.75, 3.05) is 7.11 Å². The maximum absolute atomic E-state index is 6.45. The first-order chi connectivity index (χ1) is 13.5. The van der Waals surface area contributed by atoms with Crippen molar-refractivity contribution in [2.24, 2.45) is 4.99 Å². The summed E-state index contributed by atoms with van der Waals surface area (Å²) in [4.78, 5) is 4.53. The van der Waals surface area contributed by atoms with Crippen LogP contribution in [0.15, 0.2) is 59.6 Å². The normalized spacial score (nSPS) is 11.0. The largest absolute Gasteiger partial charge is 0.493 e. The SMILES string of the molecule is COc1cc(C=Nc2ccc(C)c(C)c2)cc(Cl)c1OCc1cccc(Cl)c1. The molecule has 0 radical (unpaired) electrons. The van der Waals surface area contributed by atoms with Crippen molar-refractivity contribution < 1.29 is 9.47 Å². The molecule has 3 aromatic rings. The average Bonchev–Trinajstić information content (AvgIpc) is 2.67. The number of hydrogen-bond donors (Lipinski definition) is 0. The number of ether oxygens (including phenoxy) is 2. The highest BCUT2D eigenvalue weighted by Gasteiger charge is 2.12. The molecule has 0 atom stereocenters. The molecular weight excluding hydrogens is 393 g/mol. The van der Waals surface area contributed by atoms with Gasteiger partial charge in [0.25, 0.3) is 0 Å². The minimum Gasteiger partial charge on any atom is -0.493 e. The lowest BCUT2D eigenvalue weighted by molar-refractivity contribution is 0.284. The second kappa shape index (κ2) is 9.13. The number of benzene rings is 3. The molecule has 0 amide bonds. The van der Waals surface area contributed by atoms with Crippen molar-refractivity contribution in [3.63, 3.8) is 0 Å². The molecule has 3 rings (SSSR count). The van der Waals surface area contributed by atoms with E-state index in [2.05, 4.69) is 24.9 Å². The molecule has 0 unspecified atom stereocenters. The van der Waals surface area contributed by atoms with E-state index < -0.39 is 0 Å². The maximum atomic E-state index is 6.45. The monoisotopic (exact) mass is 413 g/mol. The molecule has 3 aromatic carbocycles. The lowest BCUT2D eigenvalue weighted by Crippen LogP contribution is -1.99. The Balaban J connectivity index is 1.80. The quantitative estimate of drug-likeness (QED) is 0.409. The van der Waals surface area contributed by atoms with Gasteiger partial charge in [0.05, 0.1) is 17.8 Å². The van der Waals surface area contributed by atoms with Gasteiger partial charge in [-0.3, -0.25) is 4.99 Å². The van der Waals surface area contributed by atoms with Crippen LogP contribution in [0.4, 0.5) is 5.69 Å². The molecule has 5 heteroatoms. The summed E-state index contributed by atoms with van der Waals surface area (Å²) in [6.07, 6.45) is 1.76. The number of nitrogens with zero attached hydrogens (tertiary/aromatic N) is 1. The molecule has 144 valence electrons. The molecule has 0 bridgehead atoms. The lowest BCUT2D eigenvalue weighted by atomic mass is 10.1. The molecule has 0 saturated carbocycles. The van der Waals surface area contributed by atoms with Gasteiger partial charge in [-0.2, -0.15) is 0 Å². The molecule has 0 aliphatic carbocycles. The Kier molecular flexibility index (Phi) is 6.61. The zero-order chi connectivity index (χ0) is 20.1. The molecule has 0 saturated heterocycles. The smallest absolute Gasteiger partial charge is 0.180 e. The van der Waals surface area contributed by atoms with Crippen LogP contribution in [-0.4, -0.2) is 13.3 Å². The van der Waals surface area contributed by atoms with Crippen LogP contribution in [0, 0.1) is 13.8 Å². The van der Waals surface area contributed by atoms with Crippen LogP contribution in [0.25, 0.3) is 0 Å². The maximum Gasteiger partial charge on any atom is 0.180 e. The summed E-state index contributed by atoms with van der Waals surface area (Å²) < 4.78 is 11.4. The Morgan fingerprint density at radius 1 is 0.964 bits per heavy atom. The molecule has 28 heavy (non-hydrogen) atoms. The van der Waals surface area contributed by atoms with E-state index in [1.165, 1.54) is 11.1 Å². The Morgan fingerprint density at radius 3 is 2.50 bits per heavy atom. The van der Waals surface area contributed by atoms with Gasteiger partial charge in [-0.25, -0.2) is 0 Å². The van der Waals surface area contributed by atoms with Gasteiger partial charge in [-0.15, -0.1) is 0 Å². The molecule has 0 fully saturated rings. The van der Waals surface area contributed by atoms with E-state index in [9.17, 15) is 0 Å². The first-order valence-electron chi connectivity index (χ1n) is 8.82. The fourth-order valence-electron chi connectivity index (χ4n) is 2.69. The first-order valence-corrected chi connectivity index (χ1v) is 9.58. The van der Waals surface area contributed by atoms with Crippen LogP contribution < -0.4 is 9.47 Å². The summed E-state index contributed by atoms with van der Waals surface area (Å²) in [5.41, 5.74) is 5.11. The predicted octanol–water partition coefficient (Wildman–Crippen LogP) is 6.95. The van der Waals surface area contributed by atoms with E-state index in [1.54, 1.807) is 13.3 Å². The fourth-order valence-corrected chi connectivity index (χ4v) is 3.18. The zero-order valence-electron chi connectivity index (χ0n) is 16.0. The van der Waals surface area contributed by atoms with Crippen molar-refractivity contribution in [1.29, 1.82) is 0 Å². The molecule has 3 nitrogen and oxygen atoms in total. The van der Waals surface area contributed by atoms with Crippen LogP contribution in [-0.2, 0) is 6.61 Å². The highest BCUT2D eigenvalue weighted by Crippen LogP contribution is 2.36. The van der Waals surface area contributed by atoms with E-state index >= 15 is 0 Å². The Labute approximate surface area is 175 Å². The van der Waals surface area contributed by atoms with Crippen molar-refractivity contribution in [3.8, 4) is 11.5 Å². The van der Waals surface area contributed by atoms with Crippen LogP contribution in [0.3, 0.4) is 0 Å². The topological polar surface area (TPSA) is 30.8 Å². The van der Waals surface area contributed by atoms with Gasteiger partial charge in [0.2, 0.25) is 0 Å². The number of rotatable bonds is 6. The zero-order valence-corrected chi connectivity index (χ0v) is 17.5. The molecule has 0 spiro atoms. The van der Waals surface area contributed by atoms with E-state index in [4.69, 9.17) is 32.7 Å². The second-order valence-corrected chi connectivity index (χ2v) is 7.32. The van der Waals surface area contributed by atoms with E-state index in [-0.39, 0.29) is 0 Å². The van der Waals surface area contributed by atoms with E-state index in [1.807, 2.05) is 48.5 Å². The van der Waals surface area contributed by atoms with Crippen LogP contribution in [0.5, 0.6) is 11.5 Å². The van der Waals surface area contributed by atoms with Gasteiger partial charge in [-0.05, 0) is 72.5 Å². The summed E-state index contributed by atoms with van der Waals surface area (Å²) in [6, 6.07) is 17.2. The summed E-state index contributed by atoms with van der Waals surface area (Å²) in [5.74, 6) is 1.04. The summed E-state index contributed by atoms with van der Waals surface area (Å²) in [5, 5.41) is 1.12. The van der Waals surface area contributed by atoms with Crippen molar-refractivity contribution in [1.82, 2.24) is 0 Å². The second-order valence-electron chi connectivity index (χ2n) is 6.48. The minimum absolute atomic E-state index is 0.340. The number of aryl methyl sites for hydroxylation is 2. The number of halogens is 2. The van der Waals surface area contributed by atoms with Crippen LogP contribution in [0.1, 0.15) is 22.3 Å². The number of aliphatic imine (C=N–C) groups is 1. The van der Waals surface area contributed by atoms with Gasteiger partial charge in [0.15, 0.2) is 11.5 Å². The minimum atomic E-state index is 0.340. The Hall–Kier alpha value is -2.49. The predicted molar refractivity (Wildman–Crippen MR) is 117 cm³/mol. The van der Waals surface area contributed by atoms with E-state index in [0.717, 1.165) is 16.8 Å². The van der Waals surface area contributed by atoms with E-state index in [0.29, 0.717) is 28.2 Å². The Bertz CT molecular complexity index is 1020. The van der Waals surface area contributed by atoms with Crippen molar-refractivity contribution in [3.05, 3.63) is 86.9 Å². The standard InChI is InChI=1S/C23H21Cl2NO2/c1-15-7-8-20(9-16(15)2)26-13-18-11-21(25)23(22(12-18)27-3)28-14-17-5-4-6-19(24)10-17/h4-13H,14H2,1-3H3. The summed E-state index contributed by atoms with van der Waals surface area (Å²) in [6.45, 7) is 4.49. The van der Waals surface area contributed by atoms with Crippen molar-refractivity contribution in [2.45, 2.75) is 20.5 Å². The van der Waals surface area contributed by atoms with Gasteiger partial charge >= 0.3 is 0 Å². The average molecular weight is 414 g/mol. The third kappa shape index (κ3) is 5.06. The van der Waals surface area contributed by atoms with Crippen molar-refractivity contribution >= 4 is 35.1 Å². The highest BCUT2D eigenvalue weighted by molar-refractivity contribution is 6.32. The van der Waals surface area contributed by atoms with Gasteiger partial charge in [0, 0.05) is 11.2 Å². The summed E-state index contributed by atoms with van der Waals surface area (Å²) >= 11 is 12.5. The molecular formula is C23H21Cl2NO2. The Morgan fingerprint density at radius 2 is 1.79 bits per heavy atom. The molecule has 0 aliphatic heterocycles. The highest BCUT2D eigenvalue weighted by atomic mass is 35.5. The van der Waals surface area contributed by atoms with Crippen LogP contribution in [0.2, 0.25) is 10.0 Å². The third-order valence-electron chi connectivity index (χ3n) is 4.38. The number of hydrogen-bond acceptors (Lipinski definition) is 3. The molecule has 0 aliphatic rings. The molecule has 0 N–H and O–H groups in total. The van der Waals surface area contributed by atoms with Crippen LogP contribution >= 0.6 is 23.2 Å². The molecule has 0 heterocycles. The fraction of sp³-hybridized carbons (Fsp3) is 0.174. The lowest BCUT2D eigenvalue weighted by Gasteiger charge is -2.13.